The smallest absolute Gasteiger partial charge is 0.0246 e. The molecule has 0 aromatic rings. The Morgan fingerprint density at radius 1 is 1.64 bits per heavy atom. The van der Waals surface area contributed by atoms with Crippen LogP contribution >= 0.6 is 11.8 Å². The first kappa shape index (κ1) is 10.9. The lowest BCUT2D eigenvalue weighted by molar-refractivity contribution is 0.777. The maximum atomic E-state index is 5.72. The average Bonchev–Trinajstić information content (AvgIpc) is 2.01. The molecule has 0 saturated heterocycles. The third-order valence-electron chi connectivity index (χ3n) is 1.55. The van der Waals surface area contributed by atoms with E-state index in [9.17, 15) is 0 Å². The molecule has 2 N–H and O–H groups in total. The fourth-order valence-corrected chi connectivity index (χ4v) is 1.55. The Bertz CT molecular complexity index is 128. The van der Waals surface area contributed by atoms with Crippen LogP contribution in [0.4, 0.5) is 0 Å². The Morgan fingerprint density at radius 3 is 2.73 bits per heavy atom. The minimum atomic E-state index is 0.180. The van der Waals surface area contributed by atoms with Gasteiger partial charge < -0.3 is 5.73 Å². The van der Waals surface area contributed by atoms with Crippen molar-refractivity contribution in [1.29, 1.82) is 0 Å². The standard InChI is InChI=1S/C9H17NS/c1-4-6-9(10)7-11-8(3)5-2/h1,8-9H,5-7,10H2,2-3H3. The monoisotopic (exact) mass is 171 g/mol. The molecule has 0 rings (SSSR count). The first-order chi connectivity index (χ1) is 5.20. The van der Waals surface area contributed by atoms with Crippen LogP contribution in [-0.2, 0) is 0 Å². The molecule has 2 unspecified atom stereocenters. The number of hydrogen-bond acceptors (Lipinski definition) is 2. The van der Waals surface area contributed by atoms with Crippen LogP contribution in [0.2, 0.25) is 0 Å². The van der Waals surface area contributed by atoms with Crippen LogP contribution < -0.4 is 5.73 Å². The van der Waals surface area contributed by atoms with Gasteiger partial charge in [0.1, 0.15) is 0 Å². The molecule has 11 heavy (non-hydrogen) atoms. The Labute approximate surface area is 74.1 Å². The minimum Gasteiger partial charge on any atom is -0.326 e. The van der Waals surface area contributed by atoms with Crippen LogP contribution in [0.1, 0.15) is 26.7 Å². The lowest BCUT2D eigenvalue weighted by Gasteiger charge is -2.11. The molecular formula is C9H17NS. The third kappa shape index (κ3) is 6.28. The van der Waals surface area contributed by atoms with E-state index in [2.05, 4.69) is 19.8 Å². The molecule has 0 aliphatic rings. The topological polar surface area (TPSA) is 26.0 Å². The first-order valence-electron chi connectivity index (χ1n) is 4.01. The van der Waals surface area contributed by atoms with Gasteiger partial charge in [0.25, 0.3) is 0 Å². The predicted molar refractivity (Wildman–Crippen MR) is 53.6 cm³/mol. The zero-order chi connectivity index (χ0) is 8.69. The maximum Gasteiger partial charge on any atom is 0.0246 e. The van der Waals surface area contributed by atoms with Crippen molar-refractivity contribution in [3.05, 3.63) is 0 Å². The molecular weight excluding hydrogens is 154 g/mol. The van der Waals surface area contributed by atoms with Crippen molar-refractivity contribution < 1.29 is 0 Å². The van der Waals surface area contributed by atoms with Gasteiger partial charge in [0.15, 0.2) is 0 Å². The van der Waals surface area contributed by atoms with Gasteiger partial charge in [0, 0.05) is 23.5 Å². The number of hydrogen-bond donors (Lipinski definition) is 1. The van der Waals surface area contributed by atoms with E-state index in [1.165, 1.54) is 6.42 Å². The van der Waals surface area contributed by atoms with Crippen molar-refractivity contribution in [2.24, 2.45) is 5.73 Å². The summed E-state index contributed by atoms with van der Waals surface area (Å²) in [4.78, 5) is 0. The van der Waals surface area contributed by atoms with Crippen LogP contribution in [0.15, 0.2) is 0 Å². The molecule has 0 aromatic heterocycles. The summed E-state index contributed by atoms with van der Waals surface area (Å²) >= 11 is 1.90. The summed E-state index contributed by atoms with van der Waals surface area (Å²) in [6, 6.07) is 0.180. The van der Waals surface area contributed by atoms with Gasteiger partial charge in [-0.3, -0.25) is 0 Å². The zero-order valence-electron chi connectivity index (χ0n) is 7.34. The molecule has 0 aliphatic heterocycles. The first-order valence-corrected chi connectivity index (χ1v) is 5.06. The normalized spacial score (nSPS) is 15.5. The highest BCUT2D eigenvalue weighted by Gasteiger charge is 2.03. The summed E-state index contributed by atoms with van der Waals surface area (Å²) in [7, 11) is 0. The largest absolute Gasteiger partial charge is 0.326 e. The van der Waals surface area contributed by atoms with Gasteiger partial charge in [-0.2, -0.15) is 11.8 Å². The van der Waals surface area contributed by atoms with E-state index >= 15 is 0 Å². The van der Waals surface area contributed by atoms with Gasteiger partial charge in [-0.15, -0.1) is 12.3 Å². The van der Waals surface area contributed by atoms with Gasteiger partial charge in [-0.1, -0.05) is 13.8 Å². The fourth-order valence-electron chi connectivity index (χ4n) is 0.616. The summed E-state index contributed by atoms with van der Waals surface area (Å²) < 4.78 is 0. The van der Waals surface area contributed by atoms with Crippen LogP contribution in [0.25, 0.3) is 0 Å². The van der Waals surface area contributed by atoms with Gasteiger partial charge in [0.05, 0.1) is 0 Å². The Morgan fingerprint density at radius 2 is 2.27 bits per heavy atom. The van der Waals surface area contributed by atoms with Crippen molar-refractivity contribution in [3.8, 4) is 12.3 Å². The molecule has 0 radical (unpaired) electrons. The van der Waals surface area contributed by atoms with Crippen molar-refractivity contribution in [3.63, 3.8) is 0 Å². The van der Waals surface area contributed by atoms with E-state index in [1.54, 1.807) is 0 Å². The lowest BCUT2D eigenvalue weighted by atomic mass is 10.3. The van der Waals surface area contributed by atoms with Gasteiger partial charge in [0.2, 0.25) is 0 Å². The molecule has 0 saturated carbocycles. The Hall–Kier alpha value is -0.130. The molecule has 0 spiro atoms. The summed E-state index contributed by atoms with van der Waals surface area (Å²) in [5, 5.41) is 0.707. The summed E-state index contributed by atoms with van der Waals surface area (Å²) in [6.45, 7) is 4.40. The van der Waals surface area contributed by atoms with Crippen molar-refractivity contribution in [2.45, 2.75) is 38.0 Å². The van der Waals surface area contributed by atoms with Gasteiger partial charge in [-0.05, 0) is 6.42 Å². The molecule has 2 heteroatoms. The lowest BCUT2D eigenvalue weighted by Crippen LogP contribution is -2.22. The molecule has 0 fully saturated rings. The van der Waals surface area contributed by atoms with E-state index in [0.29, 0.717) is 11.7 Å². The third-order valence-corrected chi connectivity index (χ3v) is 3.07. The van der Waals surface area contributed by atoms with E-state index in [-0.39, 0.29) is 6.04 Å². The zero-order valence-corrected chi connectivity index (χ0v) is 8.16. The molecule has 0 aromatic carbocycles. The second-order valence-corrected chi connectivity index (χ2v) is 4.19. The summed E-state index contributed by atoms with van der Waals surface area (Å²) in [6.07, 6.45) is 7.03. The van der Waals surface area contributed by atoms with Gasteiger partial charge >= 0.3 is 0 Å². The molecule has 0 amide bonds. The molecule has 0 bridgehead atoms. The average molecular weight is 171 g/mol. The fraction of sp³-hybridized carbons (Fsp3) is 0.778. The van der Waals surface area contributed by atoms with Crippen LogP contribution in [0.5, 0.6) is 0 Å². The second kappa shape index (κ2) is 6.57. The minimum absolute atomic E-state index is 0.180. The Kier molecular flexibility index (Phi) is 6.49. The highest BCUT2D eigenvalue weighted by molar-refractivity contribution is 7.99. The van der Waals surface area contributed by atoms with Crippen molar-refractivity contribution >= 4 is 11.8 Å². The number of nitrogens with two attached hydrogens (primary N) is 1. The number of terminal acetylenes is 1. The van der Waals surface area contributed by atoms with E-state index in [4.69, 9.17) is 12.2 Å². The predicted octanol–water partition coefficient (Wildman–Crippen LogP) is 1.87. The molecule has 64 valence electrons. The van der Waals surface area contributed by atoms with Gasteiger partial charge in [-0.25, -0.2) is 0 Å². The van der Waals surface area contributed by atoms with Crippen molar-refractivity contribution in [2.75, 3.05) is 5.75 Å². The number of rotatable bonds is 5. The highest BCUT2D eigenvalue weighted by Crippen LogP contribution is 2.14. The van der Waals surface area contributed by atoms with Crippen LogP contribution in [0.3, 0.4) is 0 Å². The molecule has 1 nitrogen and oxygen atoms in total. The number of thioether (sulfide) groups is 1. The summed E-state index contributed by atoms with van der Waals surface area (Å²) in [5.74, 6) is 3.56. The SMILES string of the molecule is C#CCC(N)CSC(C)CC. The second-order valence-electron chi connectivity index (χ2n) is 2.72. The van der Waals surface area contributed by atoms with Crippen LogP contribution in [-0.4, -0.2) is 17.0 Å². The quantitative estimate of drug-likeness (QED) is 0.639. The highest BCUT2D eigenvalue weighted by atomic mass is 32.2. The maximum absolute atomic E-state index is 5.72. The molecule has 0 aliphatic carbocycles. The van der Waals surface area contributed by atoms with E-state index < -0.39 is 0 Å². The molecule has 0 heterocycles. The van der Waals surface area contributed by atoms with Crippen molar-refractivity contribution in [1.82, 2.24) is 0 Å². The summed E-state index contributed by atoms with van der Waals surface area (Å²) in [5.41, 5.74) is 5.72. The van der Waals surface area contributed by atoms with E-state index in [1.807, 2.05) is 11.8 Å². The Balaban J connectivity index is 3.31. The van der Waals surface area contributed by atoms with Crippen LogP contribution in [0, 0.1) is 12.3 Å². The molecule has 2 atom stereocenters. The van der Waals surface area contributed by atoms with E-state index in [0.717, 1.165) is 5.75 Å².